The Morgan fingerprint density at radius 1 is 1.33 bits per heavy atom. The number of aromatic nitrogens is 1. The topological polar surface area (TPSA) is 17.0 Å². The maximum absolute atomic E-state index is 3.60. The van der Waals surface area contributed by atoms with Crippen molar-refractivity contribution in [3.05, 3.63) is 24.0 Å². The van der Waals surface area contributed by atoms with E-state index in [-0.39, 0.29) is 0 Å². The molecule has 0 aliphatic heterocycles. The average molecular weight is 208 g/mol. The predicted octanol–water partition coefficient (Wildman–Crippen LogP) is 2.94. The van der Waals surface area contributed by atoms with Gasteiger partial charge >= 0.3 is 0 Å². The molecule has 2 nitrogen and oxygen atoms in total. The molecule has 2 heteroatoms. The summed E-state index contributed by atoms with van der Waals surface area (Å²) < 4.78 is 2.10. The third-order valence-electron chi connectivity index (χ3n) is 3.28. The zero-order valence-corrected chi connectivity index (χ0v) is 10.5. The van der Waals surface area contributed by atoms with Gasteiger partial charge in [-0.05, 0) is 24.5 Å². The Morgan fingerprint density at radius 2 is 2.00 bits per heavy atom. The maximum Gasteiger partial charge on any atom is 0.0223 e. The average Bonchev–Trinajstić information content (AvgIpc) is 2.63. The zero-order chi connectivity index (χ0) is 11.3. The van der Waals surface area contributed by atoms with Crippen molar-refractivity contribution in [3.8, 4) is 0 Å². The molecule has 1 aromatic rings. The highest BCUT2D eigenvalue weighted by Crippen LogP contribution is 2.13. The summed E-state index contributed by atoms with van der Waals surface area (Å²) in [6, 6.07) is 2.78. The van der Waals surface area contributed by atoms with E-state index in [1.807, 2.05) is 0 Å². The predicted molar refractivity (Wildman–Crippen MR) is 65.8 cm³/mol. The highest BCUT2D eigenvalue weighted by molar-refractivity contribution is 5.09. The van der Waals surface area contributed by atoms with Crippen LogP contribution in [0.2, 0.25) is 0 Å². The normalized spacial score (nSPS) is 13.4. The summed E-state index contributed by atoms with van der Waals surface area (Å²) in [4.78, 5) is 0. The van der Waals surface area contributed by atoms with E-state index in [2.05, 4.69) is 56.2 Å². The molecule has 0 amide bonds. The van der Waals surface area contributed by atoms with E-state index in [1.165, 1.54) is 18.4 Å². The molecule has 0 aromatic carbocycles. The lowest BCUT2D eigenvalue weighted by molar-refractivity contribution is 0.353. The molecule has 0 spiro atoms. The van der Waals surface area contributed by atoms with Gasteiger partial charge in [0.25, 0.3) is 0 Å². The van der Waals surface area contributed by atoms with Gasteiger partial charge in [0.1, 0.15) is 0 Å². The summed E-state index contributed by atoms with van der Waals surface area (Å²) in [5.41, 5.74) is 1.37. The Bertz CT molecular complexity index is 274. The highest BCUT2D eigenvalue weighted by Gasteiger charge is 2.12. The number of hydrogen-bond acceptors (Lipinski definition) is 1. The van der Waals surface area contributed by atoms with Crippen molar-refractivity contribution in [2.75, 3.05) is 0 Å². The summed E-state index contributed by atoms with van der Waals surface area (Å²) in [6.07, 6.45) is 6.80. The minimum absolute atomic E-state index is 0.611. The van der Waals surface area contributed by atoms with Crippen LogP contribution >= 0.6 is 0 Å². The Morgan fingerprint density at radius 3 is 2.47 bits per heavy atom. The smallest absolute Gasteiger partial charge is 0.0223 e. The minimum Gasteiger partial charge on any atom is -0.357 e. The monoisotopic (exact) mass is 208 g/mol. The van der Waals surface area contributed by atoms with Crippen molar-refractivity contribution in [1.29, 1.82) is 0 Å². The fourth-order valence-corrected chi connectivity index (χ4v) is 2.11. The lowest BCUT2D eigenvalue weighted by Gasteiger charge is -2.22. The first-order valence-electron chi connectivity index (χ1n) is 6.01. The van der Waals surface area contributed by atoms with Crippen LogP contribution in [0.3, 0.4) is 0 Å². The molecule has 15 heavy (non-hydrogen) atoms. The first-order chi connectivity index (χ1) is 7.17. The van der Waals surface area contributed by atoms with Crippen LogP contribution in [0.15, 0.2) is 18.5 Å². The maximum atomic E-state index is 3.60. The van der Waals surface area contributed by atoms with E-state index in [4.69, 9.17) is 0 Å². The molecule has 0 saturated heterocycles. The highest BCUT2D eigenvalue weighted by atomic mass is 14.9. The summed E-state index contributed by atoms with van der Waals surface area (Å²) in [7, 11) is 2.06. The van der Waals surface area contributed by atoms with Crippen molar-refractivity contribution in [2.45, 2.75) is 46.2 Å². The largest absolute Gasteiger partial charge is 0.357 e. The lowest BCUT2D eigenvalue weighted by atomic mass is 9.95. The molecule has 1 aromatic heterocycles. The molecule has 1 N–H and O–H groups in total. The van der Waals surface area contributed by atoms with Gasteiger partial charge in [0.15, 0.2) is 0 Å². The van der Waals surface area contributed by atoms with E-state index in [0.717, 1.165) is 12.5 Å². The van der Waals surface area contributed by atoms with Gasteiger partial charge in [-0.15, -0.1) is 0 Å². The molecular formula is C13H24N2. The Labute approximate surface area is 93.7 Å². The standard InChI is InChI=1S/C13H24N2/c1-5-13(6-2)11(3)14-9-12-7-8-15(4)10-12/h7-8,10-11,13-14H,5-6,9H2,1-4H3. The number of hydrogen-bond donors (Lipinski definition) is 1. The summed E-state index contributed by atoms with van der Waals surface area (Å²) in [6.45, 7) is 7.82. The van der Waals surface area contributed by atoms with Crippen LogP contribution in [0.25, 0.3) is 0 Å². The molecule has 0 fully saturated rings. The molecule has 0 aliphatic carbocycles. The molecule has 1 rings (SSSR count). The van der Waals surface area contributed by atoms with Crippen molar-refractivity contribution in [1.82, 2.24) is 9.88 Å². The van der Waals surface area contributed by atoms with Crippen LogP contribution in [0.1, 0.15) is 39.2 Å². The van der Waals surface area contributed by atoms with Gasteiger partial charge in [-0.3, -0.25) is 0 Å². The fourth-order valence-electron chi connectivity index (χ4n) is 2.11. The van der Waals surface area contributed by atoms with Crippen LogP contribution in [0, 0.1) is 5.92 Å². The molecule has 0 bridgehead atoms. The quantitative estimate of drug-likeness (QED) is 0.760. The van der Waals surface area contributed by atoms with Gasteiger partial charge in [-0.25, -0.2) is 0 Å². The third kappa shape index (κ3) is 3.71. The fraction of sp³-hybridized carbons (Fsp3) is 0.692. The van der Waals surface area contributed by atoms with E-state index in [0.29, 0.717) is 6.04 Å². The van der Waals surface area contributed by atoms with Crippen molar-refractivity contribution >= 4 is 0 Å². The van der Waals surface area contributed by atoms with Crippen LogP contribution in [-0.2, 0) is 13.6 Å². The summed E-state index contributed by atoms with van der Waals surface area (Å²) in [5.74, 6) is 0.800. The first kappa shape index (κ1) is 12.3. The second-order valence-electron chi connectivity index (χ2n) is 4.43. The van der Waals surface area contributed by atoms with Gasteiger partial charge in [0, 0.05) is 32.0 Å². The zero-order valence-electron chi connectivity index (χ0n) is 10.5. The molecule has 1 heterocycles. The van der Waals surface area contributed by atoms with E-state index >= 15 is 0 Å². The van der Waals surface area contributed by atoms with Crippen LogP contribution in [0.5, 0.6) is 0 Å². The lowest BCUT2D eigenvalue weighted by Crippen LogP contribution is -2.32. The third-order valence-corrected chi connectivity index (χ3v) is 3.28. The van der Waals surface area contributed by atoms with Gasteiger partial charge in [0.2, 0.25) is 0 Å². The van der Waals surface area contributed by atoms with Crippen LogP contribution < -0.4 is 5.32 Å². The number of rotatable bonds is 6. The molecule has 0 radical (unpaired) electrons. The van der Waals surface area contributed by atoms with E-state index in [9.17, 15) is 0 Å². The minimum atomic E-state index is 0.611. The van der Waals surface area contributed by atoms with Crippen LogP contribution in [-0.4, -0.2) is 10.6 Å². The Balaban J connectivity index is 2.36. The Kier molecular flexibility index (Phi) is 4.89. The number of aryl methyl sites for hydroxylation is 1. The summed E-state index contributed by atoms with van der Waals surface area (Å²) in [5, 5.41) is 3.60. The molecule has 1 unspecified atom stereocenters. The first-order valence-corrected chi connectivity index (χ1v) is 6.01. The summed E-state index contributed by atoms with van der Waals surface area (Å²) >= 11 is 0. The van der Waals surface area contributed by atoms with E-state index in [1.54, 1.807) is 0 Å². The number of nitrogens with one attached hydrogen (secondary N) is 1. The van der Waals surface area contributed by atoms with Gasteiger partial charge < -0.3 is 9.88 Å². The van der Waals surface area contributed by atoms with Crippen molar-refractivity contribution in [3.63, 3.8) is 0 Å². The van der Waals surface area contributed by atoms with Gasteiger partial charge in [0.05, 0.1) is 0 Å². The van der Waals surface area contributed by atoms with Gasteiger partial charge in [-0.2, -0.15) is 0 Å². The van der Waals surface area contributed by atoms with E-state index < -0.39 is 0 Å². The second-order valence-corrected chi connectivity index (χ2v) is 4.43. The SMILES string of the molecule is CCC(CC)C(C)NCc1ccn(C)c1. The van der Waals surface area contributed by atoms with Crippen molar-refractivity contribution < 1.29 is 0 Å². The van der Waals surface area contributed by atoms with Crippen molar-refractivity contribution in [2.24, 2.45) is 13.0 Å². The van der Waals surface area contributed by atoms with Gasteiger partial charge in [-0.1, -0.05) is 26.7 Å². The molecule has 1 atom stereocenters. The molecule has 86 valence electrons. The van der Waals surface area contributed by atoms with Crippen LogP contribution in [0.4, 0.5) is 0 Å². The second kappa shape index (κ2) is 5.96. The molecule has 0 saturated carbocycles. The number of nitrogens with zero attached hydrogens (tertiary/aromatic N) is 1. The molecule has 0 aliphatic rings. The Hall–Kier alpha value is -0.760. The molecular weight excluding hydrogens is 184 g/mol.